The predicted molar refractivity (Wildman–Crippen MR) is 69.9 cm³/mol. The minimum absolute atomic E-state index is 0.159. The van der Waals surface area contributed by atoms with Gasteiger partial charge in [-0.3, -0.25) is 4.79 Å². The third-order valence-electron chi connectivity index (χ3n) is 3.93. The zero-order valence-electron chi connectivity index (χ0n) is 10.9. The monoisotopic (exact) mass is 248 g/mol. The highest BCUT2D eigenvalue weighted by atomic mass is 16.1. The minimum Gasteiger partial charge on any atom is -0.382 e. The number of nitrogens with one attached hydrogen (secondary N) is 1. The Labute approximate surface area is 107 Å². The third-order valence-corrected chi connectivity index (χ3v) is 3.93. The van der Waals surface area contributed by atoms with Gasteiger partial charge in [0.2, 0.25) is 0 Å². The molecule has 3 unspecified atom stereocenters. The summed E-state index contributed by atoms with van der Waals surface area (Å²) in [6, 6.07) is 0.237. The van der Waals surface area contributed by atoms with Crippen molar-refractivity contribution >= 4 is 11.7 Å². The zero-order chi connectivity index (χ0) is 13.1. The van der Waals surface area contributed by atoms with Crippen LogP contribution in [-0.4, -0.2) is 21.9 Å². The van der Waals surface area contributed by atoms with Crippen LogP contribution in [0.25, 0.3) is 0 Å². The molecule has 1 heterocycles. The van der Waals surface area contributed by atoms with Crippen LogP contribution in [0.5, 0.6) is 0 Å². The van der Waals surface area contributed by atoms with E-state index in [1.54, 1.807) is 0 Å². The number of carbonyl (C=O) groups is 1. The number of nitrogens with zero attached hydrogens (tertiary/aromatic N) is 2. The van der Waals surface area contributed by atoms with Crippen LogP contribution in [0, 0.1) is 11.8 Å². The molecule has 3 atom stereocenters. The Bertz CT molecular complexity index is 418. The molecule has 1 fully saturated rings. The van der Waals surface area contributed by atoms with Gasteiger partial charge >= 0.3 is 0 Å². The topological polar surface area (TPSA) is 80.9 Å². The van der Waals surface area contributed by atoms with Crippen molar-refractivity contribution in [3.05, 3.63) is 18.1 Å². The summed E-state index contributed by atoms with van der Waals surface area (Å²) in [5.41, 5.74) is 5.77. The Balaban J connectivity index is 2.00. The lowest BCUT2D eigenvalue weighted by Gasteiger charge is -2.34. The standard InChI is InChI=1S/C13H20N4O/c1-8-4-3-5-10(9(8)2)17-13(18)11-6-16-12(14)7-15-11/h6-10H,3-5H2,1-2H3,(H2,14,16)(H,17,18). The Morgan fingerprint density at radius 2 is 2.11 bits per heavy atom. The Morgan fingerprint density at radius 3 is 2.78 bits per heavy atom. The normalized spacial score (nSPS) is 27.8. The molecular weight excluding hydrogens is 228 g/mol. The summed E-state index contributed by atoms with van der Waals surface area (Å²) in [5.74, 6) is 1.32. The maximum Gasteiger partial charge on any atom is 0.271 e. The fourth-order valence-corrected chi connectivity index (χ4v) is 2.48. The van der Waals surface area contributed by atoms with Gasteiger partial charge in [-0.25, -0.2) is 9.97 Å². The molecule has 1 aliphatic rings. The SMILES string of the molecule is CC1CCCC(NC(=O)c2cnc(N)cn2)C1C. The van der Waals surface area contributed by atoms with Crippen molar-refractivity contribution in [3.63, 3.8) is 0 Å². The second-order valence-electron chi connectivity index (χ2n) is 5.17. The summed E-state index contributed by atoms with van der Waals surface area (Å²) in [7, 11) is 0. The van der Waals surface area contributed by atoms with Gasteiger partial charge in [-0.15, -0.1) is 0 Å². The molecule has 5 heteroatoms. The van der Waals surface area contributed by atoms with Crippen LogP contribution >= 0.6 is 0 Å². The first-order valence-corrected chi connectivity index (χ1v) is 6.46. The van der Waals surface area contributed by atoms with Gasteiger partial charge in [-0.1, -0.05) is 26.7 Å². The first kappa shape index (κ1) is 12.8. The van der Waals surface area contributed by atoms with Crippen molar-refractivity contribution in [1.29, 1.82) is 0 Å². The van der Waals surface area contributed by atoms with Gasteiger partial charge in [0.05, 0.1) is 12.4 Å². The second-order valence-corrected chi connectivity index (χ2v) is 5.17. The Kier molecular flexibility index (Phi) is 3.79. The largest absolute Gasteiger partial charge is 0.382 e. The van der Waals surface area contributed by atoms with E-state index in [0.29, 0.717) is 23.3 Å². The van der Waals surface area contributed by atoms with E-state index in [2.05, 4.69) is 29.1 Å². The van der Waals surface area contributed by atoms with E-state index in [1.807, 2.05) is 0 Å². The lowest BCUT2D eigenvalue weighted by atomic mass is 9.78. The number of carbonyl (C=O) groups excluding carboxylic acids is 1. The van der Waals surface area contributed by atoms with Gasteiger partial charge in [-0.05, 0) is 18.3 Å². The van der Waals surface area contributed by atoms with E-state index in [0.717, 1.165) is 6.42 Å². The second kappa shape index (κ2) is 5.33. The van der Waals surface area contributed by atoms with Crippen molar-refractivity contribution < 1.29 is 4.79 Å². The Morgan fingerprint density at radius 1 is 1.33 bits per heavy atom. The number of hydrogen-bond acceptors (Lipinski definition) is 4. The fourth-order valence-electron chi connectivity index (χ4n) is 2.48. The first-order valence-electron chi connectivity index (χ1n) is 6.46. The molecule has 5 nitrogen and oxygen atoms in total. The molecule has 1 amide bonds. The highest BCUT2D eigenvalue weighted by Gasteiger charge is 2.28. The smallest absolute Gasteiger partial charge is 0.271 e. The Hall–Kier alpha value is -1.65. The molecule has 0 saturated heterocycles. The minimum atomic E-state index is -0.159. The molecule has 18 heavy (non-hydrogen) atoms. The number of nitrogen functional groups attached to an aromatic ring is 1. The molecule has 0 radical (unpaired) electrons. The van der Waals surface area contributed by atoms with Crippen LogP contribution in [0.2, 0.25) is 0 Å². The average Bonchev–Trinajstić information content (AvgIpc) is 2.36. The number of aromatic nitrogens is 2. The summed E-state index contributed by atoms with van der Waals surface area (Å²) >= 11 is 0. The lowest BCUT2D eigenvalue weighted by Crippen LogP contribution is -2.43. The summed E-state index contributed by atoms with van der Waals surface area (Å²) in [4.78, 5) is 19.9. The number of amides is 1. The van der Waals surface area contributed by atoms with E-state index in [-0.39, 0.29) is 11.9 Å². The van der Waals surface area contributed by atoms with Crippen LogP contribution in [-0.2, 0) is 0 Å². The van der Waals surface area contributed by atoms with Gasteiger partial charge in [0.15, 0.2) is 0 Å². The average molecular weight is 248 g/mol. The van der Waals surface area contributed by atoms with Crippen LogP contribution in [0.1, 0.15) is 43.6 Å². The van der Waals surface area contributed by atoms with Crippen molar-refractivity contribution in [3.8, 4) is 0 Å². The quantitative estimate of drug-likeness (QED) is 0.833. The van der Waals surface area contributed by atoms with Crippen LogP contribution in [0.15, 0.2) is 12.4 Å². The zero-order valence-corrected chi connectivity index (χ0v) is 10.9. The van der Waals surface area contributed by atoms with Crippen LogP contribution in [0.4, 0.5) is 5.82 Å². The number of nitrogens with two attached hydrogens (primary N) is 1. The van der Waals surface area contributed by atoms with E-state index in [9.17, 15) is 4.79 Å². The number of hydrogen-bond donors (Lipinski definition) is 2. The lowest BCUT2D eigenvalue weighted by molar-refractivity contribution is 0.0885. The molecule has 2 rings (SSSR count). The van der Waals surface area contributed by atoms with E-state index < -0.39 is 0 Å². The number of anilines is 1. The highest BCUT2D eigenvalue weighted by molar-refractivity contribution is 5.92. The summed E-state index contributed by atoms with van der Waals surface area (Å²) in [5, 5.41) is 3.05. The molecule has 0 aromatic carbocycles. The molecule has 1 aromatic heterocycles. The molecule has 0 bridgehead atoms. The van der Waals surface area contributed by atoms with Crippen molar-refractivity contribution in [1.82, 2.24) is 15.3 Å². The van der Waals surface area contributed by atoms with E-state index in [1.165, 1.54) is 25.2 Å². The third kappa shape index (κ3) is 2.78. The summed E-state index contributed by atoms with van der Waals surface area (Å²) < 4.78 is 0. The van der Waals surface area contributed by atoms with Gasteiger partial charge in [0.25, 0.3) is 5.91 Å². The highest BCUT2D eigenvalue weighted by Crippen LogP contribution is 2.29. The van der Waals surface area contributed by atoms with Gasteiger partial charge in [0.1, 0.15) is 11.5 Å². The maximum atomic E-state index is 12.0. The fraction of sp³-hybridized carbons (Fsp3) is 0.615. The molecule has 1 saturated carbocycles. The maximum absolute atomic E-state index is 12.0. The van der Waals surface area contributed by atoms with Gasteiger partial charge in [0, 0.05) is 6.04 Å². The number of rotatable bonds is 2. The van der Waals surface area contributed by atoms with Crippen molar-refractivity contribution in [2.75, 3.05) is 5.73 Å². The van der Waals surface area contributed by atoms with Crippen LogP contribution < -0.4 is 11.1 Å². The van der Waals surface area contributed by atoms with E-state index >= 15 is 0 Å². The molecular formula is C13H20N4O. The van der Waals surface area contributed by atoms with Gasteiger partial charge in [-0.2, -0.15) is 0 Å². The predicted octanol–water partition coefficient (Wildman–Crippen LogP) is 1.61. The molecule has 0 aliphatic heterocycles. The molecule has 0 spiro atoms. The first-order chi connectivity index (χ1) is 8.58. The van der Waals surface area contributed by atoms with Crippen LogP contribution in [0.3, 0.4) is 0 Å². The molecule has 3 N–H and O–H groups in total. The molecule has 98 valence electrons. The van der Waals surface area contributed by atoms with Crippen molar-refractivity contribution in [2.45, 2.75) is 39.2 Å². The van der Waals surface area contributed by atoms with Gasteiger partial charge < -0.3 is 11.1 Å². The van der Waals surface area contributed by atoms with Crippen molar-refractivity contribution in [2.24, 2.45) is 11.8 Å². The molecule has 1 aromatic rings. The summed E-state index contributed by atoms with van der Waals surface area (Å²) in [6.45, 7) is 4.44. The molecule has 1 aliphatic carbocycles. The van der Waals surface area contributed by atoms with E-state index in [4.69, 9.17) is 5.73 Å². The summed E-state index contributed by atoms with van der Waals surface area (Å²) in [6.07, 6.45) is 6.28.